The van der Waals surface area contributed by atoms with E-state index < -0.39 is 12.1 Å². The molecule has 1 heterocycles. The molecule has 1 fully saturated rings. The first-order valence-corrected chi connectivity index (χ1v) is 11.1. The highest BCUT2D eigenvalue weighted by Gasteiger charge is 2.46. The maximum Gasteiger partial charge on any atom is 0.490 e. The second-order valence-corrected chi connectivity index (χ2v) is 8.52. The van der Waals surface area contributed by atoms with Gasteiger partial charge in [0.2, 0.25) is 5.91 Å². The third-order valence-electron chi connectivity index (χ3n) is 6.09. The zero-order valence-electron chi connectivity index (χ0n) is 19.2. The lowest BCUT2D eigenvalue weighted by Crippen LogP contribution is -2.36. The van der Waals surface area contributed by atoms with Gasteiger partial charge in [-0.05, 0) is 17.0 Å². The van der Waals surface area contributed by atoms with E-state index in [1.54, 1.807) is 7.11 Å². The minimum atomic E-state index is -5.08. The van der Waals surface area contributed by atoms with E-state index in [2.05, 4.69) is 48.3 Å². The van der Waals surface area contributed by atoms with Crippen LogP contribution in [0.1, 0.15) is 43.4 Å². The lowest BCUT2D eigenvalue weighted by Gasteiger charge is -2.24. The number of benzene rings is 1. The summed E-state index contributed by atoms with van der Waals surface area (Å²) in [5.41, 5.74) is 2.70. The molecular formula is C23H33F3N2O5. The van der Waals surface area contributed by atoms with Gasteiger partial charge in [-0.25, -0.2) is 4.79 Å². The lowest BCUT2D eigenvalue weighted by molar-refractivity contribution is -0.192. The molecule has 0 saturated carbocycles. The number of nitrogens with zero attached hydrogens (tertiary/aromatic N) is 1. The third-order valence-corrected chi connectivity index (χ3v) is 6.09. The Bertz CT molecular complexity index is 790. The summed E-state index contributed by atoms with van der Waals surface area (Å²) in [7, 11) is 1.63. The Hall–Kier alpha value is -2.17. The number of hydrogen-bond acceptors (Lipinski definition) is 5. The predicted octanol–water partition coefficient (Wildman–Crippen LogP) is 3.22. The van der Waals surface area contributed by atoms with E-state index in [1.165, 1.54) is 17.5 Å². The molecule has 0 bridgehead atoms. The Balaban J connectivity index is 0.000000479. The number of aliphatic carboxylic acids is 1. The Morgan fingerprint density at radius 1 is 1.21 bits per heavy atom. The molecule has 0 spiro atoms. The number of amides is 1. The molecule has 1 aromatic carbocycles. The van der Waals surface area contributed by atoms with Crippen molar-refractivity contribution in [3.63, 3.8) is 0 Å². The van der Waals surface area contributed by atoms with Crippen LogP contribution in [0.5, 0.6) is 0 Å². The molecule has 10 heteroatoms. The molecule has 2 aliphatic rings. The van der Waals surface area contributed by atoms with E-state index in [0.717, 1.165) is 19.6 Å². The van der Waals surface area contributed by atoms with Gasteiger partial charge in [-0.2, -0.15) is 13.2 Å². The minimum Gasteiger partial charge on any atom is -0.475 e. The number of rotatable bonds is 9. The van der Waals surface area contributed by atoms with E-state index >= 15 is 0 Å². The normalized spacial score (nSPS) is 22.7. The summed E-state index contributed by atoms with van der Waals surface area (Å²) in [4.78, 5) is 23.8. The number of carboxylic acid groups (broad SMARTS) is 1. The first kappa shape index (κ1) is 27.1. The van der Waals surface area contributed by atoms with E-state index in [-0.39, 0.29) is 18.6 Å². The van der Waals surface area contributed by atoms with Crippen molar-refractivity contribution in [1.82, 2.24) is 10.2 Å². The van der Waals surface area contributed by atoms with Crippen molar-refractivity contribution >= 4 is 11.9 Å². The molecule has 1 aromatic rings. The molecule has 4 atom stereocenters. The highest BCUT2D eigenvalue weighted by molar-refractivity contribution is 5.78. The second-order valence-electron chi connectivity index (χ2n) is 8.52. The van der Waals surface area contributed by atoms with Gasteiger partial charge >= 0.3 is 12.1 Å². The van der Waals surface area contributed by atoms with Crippen LogP contribution in [0.2, 0.25) is 0 Å². The number of likely N-dealkylation sites (tertiary alicyclic amines) is 1. The molecule has 1 unspecified atom stereocenters. The van der Waals surface area contributed by atoms with Crippen molar-refractivity contribution in [3.8, 4) is 0 Å². The summed E-state index contributed by atoms with van der Waals surface area (Å²) in [5, 5.41) is 10.4. The standard InChI is InChI=1S/C21H32N2O3.C2HF3O2/c1-4-15(2)11-23-12-18-16-7-5-6-8-17(16)21(19(18)13-23)22-20(24)14-26-10-9-25-3;3-2(4,5)1(6)7/h5-8,15,18-19,21H,4,9-14H2,1-3H3,(H,22,24);(H,6,7)/t15?,18-,19-,21+;/m0./s1. The zero-order valence-corrected chi connectivity index (χ0v) is 19.2. The summed E-state index contributed by atoms with van der Waals surface area (Å²) in [6.45, 7) is 8.92. The van der Waals surface area contributed by atoms with E-state index in [0.29, 0.717) is 31.0 Å². The molecule has 1 aliphatic heterocycles. The fourth-order valence-corrected chi connectivity index (χ4v) is 4.37. The summed E-state index contributed by atoms with van der Waals surface area (Å²) in [6, 6.07) is 8.69. The van der Waals surface area contributed by atoms with Gasteiger partial charge in [0.15, 0.2) is 0 Å². The zero-order chi connectivity index (χ0) is 24.6. The Labute approximate surface area is 192 Å². The number of fused-ring (bicyclic) bond motifs is 3. The number of nitrogens with one attached hydrogen (secondary N) is 1. The largest absolute Gasteiger partial charge is 0.490 e. The molecule has 33 heavy (non-hydrogen) atoms. The highest BCUT2D eigenvalue weighted by atomic mass is 19.4. The Morgan fingerprint density at radius 3 is 2.42 bits per heavy atom. The van der Waals surface area contributed by atoms with Crippen molar-refractivity contribution in [3.05, 3.63) is 35.4 Å². The van der Waals surface area contributed by atoms with Crippen molar-refractivity contribution in [2.24, 2.45) is 11.8 Å². The third kappa shape index (κ3) is 7.68. The molecule has 7 nitrogen and oxygen atoms in total. The Morgan fingerprint density at radius 2 is 1.85 bits per heavy atom. The van der Waals surface area contributed by atoms with Crippen LogP contribution < -0.4 is 5.32 Å². The van der Waals surface area contributed by atoms with Gasteiger partial charge < -0.3 is 24.8 Å². The first-order valence-electron chi connectivity index (χ1n) is 11.1. The van der Waals surface area contributed by atoms with Gasteiger partial charge in [-0.1, -0.05) is 44.5 Å². The van der Waals surface area contributed by atoms with Crippen LogP contribution >= 0.6 is 0 Å². The molecule has 0 aromatic heterocycles. The van der Waals surface area contributed by atoms with Gasteiger partial charge in [0.1, 0.15) is 6.61 Å². The molecule has 1 amide bonds. The number of carbonyl (C=O) groups excluding carboxylic acids is 1. The SMILES string of the molecule is CCC(C)CN1C[C@@H]2[C@H](NC(=O)COCCOC)c3ccccc3[C@@H]2C1.O=C(O)C(F)(F)F. The number of ether oxygens (including phenoxy) is 2. The van der Waals surface area contributed by atoms with Crippen LogP contribution in [-0.4, -0.2) is 74.6 Å². The van der Waals surface area contributed by atoms with Crippen molar-refractivity contribution in [2.75, 3.05) is 46.6 Å². The number of hydrogen-bond donors (Lipinski definition) is 2. The highest BCUT2D eigenvalue weighted by Crippen LogP contribution is 2.49. The number of carbonyl (C=O) groups is 2. The fraction of sp³-hybridized carbons (Fsp3) is 0.652. The van der Waals surface area contributed by atoms with Crippen LogP contribution in [0.4, 0.5) is 13.2 Å². The quantitative estimate of drug-likeness (QED) is 0.535. The van der Waals surface area contributed by atoms with Crippen LogP contribution in [-0.2, 0) is 19.1 Å². The summed E-state index contributed by atoms with van der Waals surface area (Å²) in [6.07, 6.45) is -3.87. The molecule has 1 aliphatic carbocycles. The minimum absolute atomic E-state index is 0.0399. The lowest BCUT2D eigenvalue weighted by atomic mass is 9.94. The fourth-order valence-electron chi connectivity index (χ4n) is 4.37. The summed E-state index contributed by atoms with van der Waals surface area (Å²) in [5.74, 6) is -1.10. The van der Waals surface area contributed by atoms with E-state index in [1.807, 2.05) is 0 Å². The number of carboxylic acids is 1. The molecule has 186 valence electrons. The topological polar surface area (TPSA) is 88.1 Å². The monoisotopic (exact) mass is 474 g/mol. The number of methoxy groups -OCH3 is 1. The van der Waals surface area contributed by atoms with E-state index in [4.69, 9.17) is 19.4 Å². The van der Waals surface area contributed by atoms with Crippen LogP contribution in [0, 0.1) is 11.8 Å². The maximum absolute atomic E-state index is 12.4. The predicted molar refractivity (Wildman–Crippen MR) is 116 cm³/mol. The smallest absolute Gasteiger partial charge is 0.475 e. The maximum atomic E-state index is 12.4. The van der Waals surface area contributed by atoms with Gasteiger partial charge in [-0.15, -0.1) is 0 Å². The molecular weight excluding hydrogens is 441 g/mol. The van der Waals surface area contributed by atoms with Gasteiger partial charge in [0, 0.05) is 38.6 Å². The van der Waals surface area contributed by atoms with Crippen molar-refractivity contribution < 1.29 is 37.3 Å². The van der Waals surface area contributed by atoms with Crippen molar-refractivity contribution in [2.45, 2.75) is 38.4 Å². The van der Waals surface area contributed by atoms with Crippen molar-refractivity contribution in [1.29, 1.82) is 0 Å². The number of alkyl halides is 3. The van der Waals surface area contributed by atoms with Gasteiger partial charge in [-0.3, -0.25) is 4.79 Å². The molecule has 2 N–H and O–H groups in total. The number of halogens is 3. The summed E-state index contributed by atoms with van der Waals surface area (Å²) < 4.78 is 42.1. The van der Waals surface area contributed by atoms with Crippen LogP contribution in [0.15, 0.2) is 24.3 Å². The van der Waals surface area contributed by atoms with Gasteiger partial charge in [0.05, 0.1) is 19.3 Å². The molecule has 0 radical (unpaired) electrons. The van der Waals surface area contributed by atoms with E-state index in [9.17, 15) is 18.0 Å². The van der Waals surface area contributed by atoms with Crippen LogP contribution in [0.3, 0.4) is 0 Å². The first-order chi connectivity index (χ1) is 15.6. The molecule has 3 rings (SSSR count). The second kappa shape index (κ2) is 12.3. The molecule has 1 saturated heterocycles. The average molecular weight is 475 g/mol. The van der Waals surface area contributed by atoms with Gasteiger partial charge in [0.25, 0.3) is 0 Å². The summed E-state index contributed by atoms with van der Waals surface area (Å²) >= 11 is 0. The average Bonchev–Trinajstić information content (AvgIpc) is 3.29. The Kier molecular flexibility index (Phi) is 10.1. The van der Waals surface area contributed by atoms with Crippen LogP contribution in [0.25, 0.3) is 0 Å².